The van der Waals surface area contributed by atoms with Crippen LogP contribution in [0.15, 0.2) is 24.3 Å². The van der Waals surface area contributed by atoms with Crippen LogP contribution in [-0.2, 0) is 10.2 Å². The van der Waals surface area contributed by atoms with E-state index in [1.54, 1.807) is 0 Å². The zero-order valence-electron chi connectivity index (χ0n) is 12.7. The van der Waals surface area contributed by atoms with Crippen molar-refractivity contribution in [3.63, 3.8) is 0 Å². The maximum atomic E-state index is 5.80. The van der Waals surface area contributed by atoms with Gasteiger partial charge in [-0.2, -0.15) is 0 Å². The molecule has 0 aromatic heterocycles. The van der Waals surface area contributed by atoms with Crippen molar-refractivity contribution in [2.24, 2.45) is 5.92 Å². The first kappa shape index (κ1) is 14.5. The zero-order chi connectivity index (χ0) is 13.9. The highest BCUT2D eigenvalue weighted by Crippen LogP contribution is 2.29. The standard InChI is InChI=1S/C17H27NO/c1-17(2,3)15-9-7-14(8-10-15)16(18-4)12-19-11-13-5-6-13/h7-10,13,16,18H,5-6,11-12H2,1-4H3. The van der Waals surface area contributed by atoms with E-state index in [4.69, 9.17) is 4.74 Å². The Labute approximate surface area is 117 Å². The maximum Gasteiger partial charge on any atom is 0.0661 e. The van der Waals surface area contributed by atoms with E-state index >= 15 is 0 Å². The molecule has 1 aromatic rings. The van der Waals surface area contributed by atoms with E-state index in [1.807, 2.05) is 7.05 Å². The molecule has 1 N–H and O–H groups in total. The third kappa shape index (κ3) is 4.32. The van der Waals surface area contributed by atoms with E-state index in [2.05, 4.69) is 50.4 Å². The Balaban J connectivity index is 1.93. The zero-order valence-corrected chi connectivity index (χ0v) is 12.7. The molecule has 0 amide bonds. The molecule has 1 aliphatic rings. The summed E-state index contributed by atoms with van der Waals surface area (Å²) in [5.74, 6) is 0.834. The highest BCUT2D eigenvalue weighted by atomic mass is 16.5. The maximum absolute atomic E-state index is 5.80. The minimum absolute atomic E-state index is 0.218. The predicted molar refractivity (Wildman–Crippen MR) is 80.5 cm³/mol. The first-order chi connectivity index (χ1) is 9.00. The van der Waals surface area contributed by atoms with Crippen LogP contribution in [0.5, 0.6) is 0 Å². The Kier molecular flexibility index (Phi) is 4.64. The van der Waals surface area contributed by atoms with Crippen LogP contribution < -0.4 is 5.32 Å². The van der Waals surface area contributed by atoms with Gasteiger partial charge in [0.1, 0.15) is 0 Å². The molecule has 0 bridgehead atoms. The summed E-state index contributed by atoms with van der Waals surface area (Å²) in [5.41, 5.74) is 2.91. The Hall–Kier alpha value is -0.860. The van der Waals surface area contributed by atoms with Crippen LogP contribution in [0.1, 0.15) is 50.8 Å². The molecule has 1 unspecified atom stereocenters. The van der Waals surface area contributed by atoms with E-state index in [1.165, 1.54) is 24.0 Å². The summed E-state index contributed by atoms with van der Waals surface area (Å²) >= 11 is 0. The molecule has 19 heavy (non-hydrogen) atoms. The van der Waals surface area contributed by atoms with Crippen LogP contribution in [0.2, 0.25) is 0 Å². The molecule has 1 atom stereocenters. The van der Waals surface area contributed by atoms with Gasteiger partial charge in [0.2, 0.25) is 0 Å². The lowest BCUT2D eigenvalue weighted by molar-refractivity contribution is 0.105. The fourth-order valence-corrected chi connectivity index (χ4v) is 2.20. The van der Waals surface area contributed by atoms with Crippen molar-refractivity contribution in [2.75, 3.05) is 20.3 Å². The molecule has 1 aromatic carbocycles. The number of benzene rings is 1. The number of hydrogen-bond acceptors (Lipinski definition) is 2. The molecule has 1 fully saturated rings. The van der Waals surface area contributed by atoms with E-state index in [9.17, 15) is 0 Å². The van der Waals surface area contributed by atoms with Crippen LogP contribution in [0.3, 0.4) is 0 Å². The molecular formula is C17H27NO. The van der Waals surface area contributed by atoms with Crippen molar-refractivity contribution >= 4 is 0 Å². The number of hydrogen-bond donors (Lipinski definition) is 1. The summed E-state index contributed by atoms with van der Waals surface area (Å²) in [5, 5.41) is 3.35. The van der Waals surface area contributed by atoms with Crippen LogP contribution in [0.25, 0.3) is 0 Å². The third-order valence-electron chi connectivity index (χ3n) is 3.86. The first-order valence-corrected chi connectivity index (χ1v) is 7.36. The summed E-state index contributed by atoms with van der Waals surface area (Å²) in [6.45, 7) is 8.43. The van der Waals surface area contributed by atoms with Gasteiger partial charge in [-0.15, -0.1) is 0 Å². The second kappa shape index (κ2) is 6.06. The van der Waals surface area contributed by atoms with Gasteiger partial charge >= 0.3 is 0 Å². The van der Waals surface area contributed by atoms with Gasteiger partial charge in [0.25, 0.3) is 0 Å². The monoisotopic (exact) mass is 261 g/mol. The molecule has 1 saturated carbocycles. The average Bonchev–Trinajstić information content (AvgIpc) is 3.18. The lowest BCUT2D eigenvalue weighted by Crippen LogP contribution is -2.22. The van der Waals surface area contributed by atoms with Crippen LogP contribution in [-0.4, -0.2) is 20.3 Å². The second-order valence-corrected chi connectivity index (χ2v) is 6.69. The largest absolute Gasteiger partial charge is 0.379 e. The van der Waals surface area contributed by atoms with E-state index in [-0.39, 0.29) is 5.41 Å². The smallest absolute Gasteiger partial charge is 0.0661 e. The fraction of sp³-hybridized carbons (Fsp3) is 0.647. The van der Waals surface area contributed by atoms with Gasteiger partial charge in [0.05, 0.1) is 12.6 Å². The Morgan fingerprint density at radius 3 is 2.32 bits per heavy atom. The summed E-state index contributed by atoms with van der Waals surface area (Å²) in [7, 11) is 2.00. The SMILES string of the molecule is CNC(COCC1CC1)c1ccc(C(C)(C)C)cc1. The van der Waals surface area contributed by atoms with Crippen molar-refractivity contribution in [1.29, 1.82) is 0 Å². The van der Waals surface area contributed by atoms with Crippen molar-refractivity contribution in [2.45, 2.75) is 45.1 Å². The third-order valence-corrected chi connectivity index (χ3v) is 3.86. The van der Waals surface area contributed by atoms with Crippen molar-refractivity contribution in [1.82, 2.24) is 5.32 Å². The second-order valence-electron chi connectivity index (χ2n) is 6.69. The summed E-state index contributed by atoms with van der Waals surface area (Å²) in [4.78, 5) is 0. The number of ether oxygens (including phenoxy) is 1. The van der Waals surface area contributed by atoms with Gasteiger partial charge in [-0.1, -0.05) is 45.0 Å². The lowest BCUT2D eigenvalue weighted by Gasteiger charge is -2.21. The Morgan fingerprint density at radius 2 is 1.84 bits per heavy atom. The molecule has 2 rings (SSSR count). The molecule has 2 heteroatoms. The summed E-state index contributed by atoms with van der Waals surface area (Å²) in [6.07, 6.45) is 2.70. The fourth-order valence-electron chi connectivity index (χ4n) is 2.20. The highest BCUT2D eigenvalue weighted by Gasteiger charge is 2.22. The minimum atomic E-state index is 0.218. The van der Waals surface area contributed by atoms with Gasteiger partial charge < -0.3 is 10.1 Å². The van der Waals surface area contributed by atoms with E-state index in [0.29, 0.717) is 6.04 Å². The quantitative estimate of drug-likeness (QED) is 0.843. The molecule has 0 heterocycles. The molecule has 0 spiro atoms. The molecule has 0 radical (unpaired) electrons. The molecule has 0 saturated heterocycles. The van der Waals surface area contributed by atoms with E-state index in [0.717, 1.165) is 19.1 Å². The lowest BCUT2D eigenvalue weighted by atomic mass is 9.86. The van der Waals surface area contributed by atoms with Gasteiger partial charge in [-0.3, -0.25) is 0 Å². The van der Waals surface area contributed by atoms with Crippen LogP contribution in [0, 0.1) is 5.92 Å². The predicted octanol–water partition coefficient (Wildman–Crippen LogP) is 3.67. The van der Waals surface area contributed by atoms with E-state index < -0.39 is 0 Å². The summed E-state index contributed by atoms with van der Waals surface area (Å²) in [6, 6.07) is 9.22. The van der Waals surface area contributed by atoms with Gasteiger partial charge in [-0.25, -0.2) is 0 Å². The van der Waals surface area contributed by atoms with Crippen molar-refractivity contribution in [3.05, 3.63) is 35.4 Å². The molecule has 2 nitrogen and oxygen atoms in total. The average molecular weight is 261 g/mol. The minimum Gasteiger partial charge on any atom is -0.379 e. The Bertz CT molecular complexity index is 387. The number of rotatable bonds is 6. The molecular weight excluding hydrogens is 234 g/mol. The molecule has 1 aliphatic carbocycles. The number of likely N-dealkylation sites (N-methyl/N-ethyl adjacent to an activating group) is 1. The van der Waals surface area contributed by atoms with Gasteiger partial charge in [0.15, 0.2) is 0 Å². The summed E-state index contributed by atoms with van der Waals surface area (Å²) < 4.78 is 5.80. The highest BCUT2D eigenvalue weighted by molar-refractivity contribution is 5.29. The van der Waals surface area contributed by atoms with Crippen molar-refractivity contribution < 1.29 is 4.74 Å². The molecule has 106 valence electrons. The normalized spacial score (nSPS) is 17.5. The van der Waals surface area contributed by atoms with Crippen LogP contribution >= 0.6 is 0 Å². The number of nitrogens with one attached hydrogen (secondary N) is 1. The molecule has 0 aliphatic heterocycles. The van der Waals surface area contributed by atoms with Gasteiger partial charge in [0, 0.05) is 6.61 Å². The van der Waals surface area contributed by atoms with Gasteiger partial charge in [-0.05, 0) is 42.3 Å². The topological polar surface area (TPSA) is 21.3 Å². The van der Waals surface area contributed by atoms with Crippen molar-refractivity contribution in [3.8, 4) is 0 Å². The van der Waals surface area contributed by atoms with Crippen LogP contribution in [0.4, 0.5) is 0 Å². The first-order valence-electron chi connectivity index (χ1n) is 7.36. The Morgan fingerprint density at radius 1 is 1.21 bits per heavy atom.